The van der Waals surface area contributed by atoms with Crippen molar-refractivity contribution in [2.75, 3.05) is 5.32 Å². The number of rotatable bonds is 4. The first-order chi connectivity index (χ1) is 10.8. The molecule has 0 spiro atoms. The Morgan fingerprint density at radius 2 is 2.18 bits per heavy atom. The minimum Gasteiger partial charge on any atom is -0.349 e. The van der Waals surface area contributed by atoms with Crippen molar-refractivity contribution in [2.45, 2.75) is 18.9 Å². The number of nitrogens with one attached hydrogen (secondary N) is 2. The molecule has 110 valence electrons. The normalized spacial score (nSPS) is 14.0. The number of hydrogen-bond donors (Lipinski definition) is 2. The zero-order valence-electron chi connectivity index (χ0n) is 11.7. The summed E-state index contributed by atoms with van der Waals surface area (Å²) >= 11 is 1.53. The van der Waals surface area contributed by atoms with Crippen LogP contribution in [0.15, 0.2) is 42.7 Å². The number of nitrogens with zero attached hydrogens (tertiary/aromatic N) is 2. The summed E-state index contributed by atoms with van der Waals surface area (Å²) in [5, 5.41) is 7.03. The summed E-state index contributed by atoms with van der Waals surface area (Å²) in [7, 11) is 0. The topological polar surface area (TPSA) is 66.9 Å². The van der Waals surface area contributed by atoms with Gasteiger partial charge in [-0.15, -0.1) is 0 Å². The third-order valence-electron chi connectivity index (χ3n) is 3.48. The Bertz CT molecular complexity index is 827. The minimum atomic E-state index is -0.000399. The first kappa shape index (κ1) is 13.2. The molecule has 22 heavy (non-hydrogen) atoms. The van der Waals surface area contributed by atoms with Crippen molar-refractivity contribution in [1.82, 2.24) is 15.3 Å². The minimum absolute atomic E-state index is 0.000399. The van der Waals surface area contributed by atoms with Crippen molar-refractivity contribution in [3.05, 3.63) is 48.3 Å². The number of amides is 1. The van der Waals surface area contributed by atoms with Gasteiger partial charge in [0, 0.05) is 17.8 Å². The highest BCUT2D eigenvalue weighted by Gasteiger charge is 2.23. The first-order valence-electron chi connectivity index (χ1n) is 7.16. The summed E-state index contributed by atoms with van der Waals surface area (Å²) in [6.07, 6.45) is 5.66. The molecule has 5 nitrogen and oxygen atoms in total. The molecule has 1 aliphatic rings. The van der Waals surface area contributed by atoms with Gasteiger partial charge >= 0.3 is 0 Å². The standard InChI is InChI=1S/C16H14N4OS/c21-15(18-11-4-5-11)10-3-6-13-14(8-10)22-16(20-13)19-12-2-1-7-17-9-12/h1-3,6-9,11H,4-5H2,(H,18,21)(H,19,20). The number of aromatic nitrogens is 2. The number of thiazole rings is 1. The van der Waals surface area contributed by atoms with Crippen molar-refractivity contribution >= 4 is 38.3 Å². The Morgan fingerprint density at radius 1 is 1.27 bits per heavy atom. The smallest absolute Gasteiger partial charge is 0.251 e. The Balaban J connectivity index is 1.59. The second-order valence-corrected chi connectivity index (χ2v) is 6.35. The van der Waals surface area contributed by atoms with Crippen molar-refractivity contribution < 1.29 is 4.79 Å². The van der Waals surface area contributed by atoms with Crippen molar-refractivity contribution in [3.63, 3.8) is 0 Å². The average Bonchev–Trinajstić information content (AvgIpc) is 3.25. The van der Waals surface area contributed by atoms with Gasteiger partial charge in [-0.3, -0.25) is 9.78 Å². The fourth-order valence-electron chi connectivity index (χ4n) is 2.18. The van der Waals surface area contributed by atoms with E-state index in [2.05, 4.69) is 20.6 Å². The van der Waals surface area contributed by atoms with Crippen molar-refractivity contribution in [2.24, 2.45) is 0 Å². The predicted octanol–water partition coefficient (Wildman–Crippen LogP) is 3.33. The van der Waals surface area contributed by atoms with E-state index < -0.39 is 0 Å². The molecule has 2 N–H and O–H groups in total. The lowest BCUT2D eigenvalue weighted by atomic mass is 10.2. The van der Waals surface area contributed by atoms with Crippen molar-refractivity contribution in [1.29, 1.82) is 0 Å². The number of hydrogen-bond acceptors (Lipinski definition) is 5. The van der Waals surface area contributed by atoms with Crippen molar-refractivity contribution in [3.8, 4) is 0 Å². The predicted molar refractivity (Wildman–Crippen MR) is 87.6 cm³/mol. The molecule has 2 aromatic heterocycles. The quantitative estimate of drug-likeness (QED) is 0.775. The van der Waals surface area contributed by atoms with Gasteiger partial charge in [0.2, 0.25) is 0 Å². The van der Waals surface area contributed by atoms with Crippen LogP contribution in [-0.4, -0.2) is 21.9 Å². The Labute approximate surface area is 131 Å². The van der Waals surface area contributed by atoms with E-state index >= 15 is 0 Å². The van der Waals surface area contributed by atoms with Gasteiger partial charge in [-0.2, -0.15) is 0 Å². The molecule has 0 atom stereocenters. The molecular formula is C16H14N4OS. The maximum Gasteiger partial charge on any atom is 0.251 e. The summed E-state index contributed by atoms with van der Waals surface area (Å²) in [6, 6.07) is 9.80. The second-order valence-electron chi connectivity index (χ2n) is 5.32. The Hall–Kier alpha value is -2.47. The Morgan fingerprint density at radius 3 is 2.95 bits per heavy atom. The van der Waals surface area contributed by atoms with Crippen LogP contribution in [0.5, 0.6) is 0 Å². The van der Waals surface area contributed by atoms with Crippen LogP contribution < -0.4 is 10.6 Å². The fourth-order valence-corrected chi connectivity index (χ4v) is 3.10. The van der Waals surface area contributed by atoms with E-state index in [-0.39, 0.29) is 5.91 Å². The van der Waals surface area contributed by atoms with Crippen LogP contribution in [0.1, 0.15) is 23.2 Å². The summed E-state index contributed by atoms with van der Waals surface area (Å²) in [6.45, 7) is 0. The lowest BCUT2D eigenvalue weighted by Gasteiger charge is -2.02. The van der Waals surface area contributed by atoms with E-state index in [4.69, 9.17) is 0 Å². The summed E-state index contributed by atoms with van der Waals surface area (Å²) in [5.41, 5.74) is 2.48. The third-order valence-corrected chi connectivity index (χ3v) is 4.41. The zero-order chi connectivity index (χ0) is 14.9. The molecule has 1 aromatic carbocycles. The molecule has 0 aliphatic heterocycles. The van der Waals surface area contributed by atoms with Crippen LogP contribution in [0.4, 0.5) is 10.8 Å². The molecule has 0 bridgehead atoms. The van der Waals surface area contributed by atoms with Crippen LogP contribution in [0.2, 0.25) is 0 Å². The maximum atomic E-state index is 12.1. The fraction of sp³-hybridized carbons (Fsp3) is 0.188. The van der Waals surface area contributed by atoms with Gasteiger partial charge in [-0.1, -0.05) is 11.3 Å². The molecule has 1 amide bonds. The van der Waals surface area contributed by atoms with E-state index in [1.807, 2.05) is 30.3 Å². The highest BCUT2D eigenvalue weighted by Crippen LogP contribution is 2.29. The van der Waals surface area contributed by atoms with E-state index in [9.17, 15) is 4.79 Å². The molecule has 0 saturated heterocycles. The van der Waals surface area contributed by atoms with E-state index in [1.54, 1.807) is 12.4 Å². The second kappa shape index (κ2) is 5.38. The number of pyridine rings is 1. The Kier molecular flexibility index (Phi) is 3.23. The molecule has 1 fully saturated rings. The SMILES string of the molecule is O=C(NC1CC1)c1ccc2nc(Nc3cccnc3)sc2c1. The number of fused-ring (bicyclic) bond motifs is 1. The van der Waals surface area contributed by atoms with Crippen LogP contribution in [-0.2, 0) is 0 Å². The van der Waals surface area contributed by atoms with Gasteiger partial charge in [0.15, 0.2) is 5.13 Å². The van der Waals surface area contributed by atoms with E-state index in [0.29, 0.717) is 11.6 Å². The maximum absolute atomic E-state index is 12.1. The largest absolute Gasteiger partial charge is 0.349 e. The van der Waals surface area contributed by atoms with Gasteiger partial charge in [0.1, 0.15) is 0 Å². The first-order valence-corrected chi connectivity index (χ1v) is 7.98. The molecule has 1 aliphatic carbocycles. The monoisotopic (exact) mass is 310 g/mol. The molecule has 0 unspecified atom stereocenters. The van der Waals surface area contributed by atoms with E-state index in [0.717, 1.165) is 33.9 Å². The molecular weight excluding hydrogens is 296 g/mol. The summed E-state index contributed by atoms with van der Waals surface area (Å²) < 4.78 is 0.995. The lowest BCUT2D eigenvalue weighted by Crippen LogP contribution is -2.25. The van der Waals surface area contributed by atoms with Crippen LogP contribution in [0.25, 0.3) is 10.2 Å². The van der Waals surface area contributed by atoms with Crippen LogP contribution >= 0.6 is 11.3 Å². The summed E-state index contributed by atoms with van der Waals surface area (Å²) in [5.74, 6) is -0.000399. The number of benzene rings is 1. The van der Waals surface area contributed by atoms with Gasteiger partial charge in [-0.05, 0) is 43.2 Å². The lowest BCUT2D eigenvalue weighted by molar-refractivity contribution is 0.0951. The van der Waals surface area contributed by atoms with Crippen LogP contribution in [0, 0.1) is 0 Å². The zero-order valence-corrected chi connectivity index (χ0v) is 12.6. The average molecular weight is 310 g/mol. The van der Waals surface area contributed by atoms with Gasteiger partial charge in [0.25, 0.3) is 5.91 Å². The van der Waals surface area contributed by atoms with Gasteiger partial charge in [0.05, 0.1) is 22.1 Å². The molecule has 2 heterocycles. The highest BCUT2D eigenvalue weighted by atomic mass is 32.1. The molecule has 6 heteroatoms. The third kappa shape index (κ3) is 2.78. The summed E-state index contributed by atoms with van der Waals surface area (Å²) in [4.78, 5) is 20.7. The number of carbonyl (C=O) groups is 1. The van der Waals surface area contributed by atoms with E-state index in [1.165, 1.54) is 11.3 Å². The van der Waals surface area contributed by atoms with Crippen LogP contribution in [0.3, 0.4) is 0 Å². The van der Waals surface area contributed by atoms with Gasteiger partial charge in [-0.25, -0.2) is 4.98 Å². The van der Waals surface area contributed by atoms with Gasteiger partial charge < -0.3 is 10.6 Å². The number of anilines is 2. The molecule has 4 rings (SSSR count). The molecule has 3 aromatic rings. The molecule has 0 radical (unpaired) electrons. The molecule has 1 saturated carbocycles. The number of carbonyl (C=O) groups excluding carboxylic acids is 1. The highest BCUT2D eigenvalue weighted by molar-refractivity contribution is 7.22.